The number of unbranched alkanes of at least 4 members (excludes halogenated alkanes) is 27. The predicted octanol–water partition coefficient (Wildman–Crippen LogP) is 12.7. The van der Waals surface area contributed by atoms with Crippen LogP contribution in [0.25, 0.3) is 0 Å². The third-order valence-corrected chi connectivity index (χ3v) is 9.40. The van der Waals surface area contributed by atoms with Gasteiger partial charge in [-0.25, -0.2) is 0 Å². The molecule has 0 aromatic rings. The molecular formula is C39H80NO+. The van der Waals surface area contributed by atoms with Crippen molar-refractivity contribution >= 4 is 0 Å². The van der Waals surface area contributed by atoms with Crippen LogP contribution in [-0.2, 0) is 0 Å². The van der Waals surface area contributed by atoms with Gasteiger partial charge >= 0.3 is 0 Å². The van der Waals surface area contributed by atoms with Crippen molar-refractivity contribution in [2.45, 2.75) is 206 Å². The standard InChI is InChI=1S/C39H80NO/c1-4-6-8-10-12-14-16-18-20-22-24-26-28-30-32-34-36-40(3,38-39-41)37-35-33-31-29-27-25-23-21-19-17-15-13-11-9-7-5-2/h18,20,41H,4-17,19,21-39H2,1-3H3/q+1/b20-18-. The fraction of sp³-hybridized carbons (Fsp3) is 0.949. The van der Waals surface area contributed by atoms with Gasteiger partial charge in [-0.1, -0.05) is 167 Å². The second-order valence-corrected chi connectivity index (χ2v) is 13.8. The Morgan fingerprint density at radius 2 is 0.634 bits per heavy atom. The summed E-state index contributed by atoms with van der Waals surface area (Å²) < 4.78 is 1.08. The first-order valence-electron chi connectivity index (χ1n) is 19.3. The molecule has 0 aliphatic carbocycles. The van der Waals surface area contributed by atoms with E-state index in [1.807, 2.05) is 0 Å². The summed E-state index contributed by atoms with van der Waals surface area (Å²) in [7, 11) is 2.39. The zero-order valence-electron chi connectivity index (χ0n) is 29.1. The van der Waals surface area contributed by atoms with Gasteiger partial charge in [-0.3, -0.25) is 0 Å². The number of likely N-dealkylation sites (N-methyl/N-ethyl adjacent to an activating group) is 1. The van der Waals surface area contributed by atoms with Crippen molar-refractivity contribution in [3.8, 4) is 0 Å². The van der Waals surface area contributed by atoms with Gasteiger partial charge < -0.3 is 9.59 Å². The van der Waals surface area contributed by atoms with Gasteiger partial charge in [-0.05, 0) is 51.4 Å². The first-order valence-corrected chi connectivity index (χ1v) is 19.3. The van der Waals surface area contributed by atoms with Gasteiger partial charge in [0, 0.05) is 0 Å². The molecule has 0 bridgehead atoms. The van der Waals surface area contributed by atoms with Gasteiger partial charge in [0.2, 0.25) is 0 Å². The molecule has 0 aromatic heterocycles. The Bertz CT molecular complexity index is 504. The van der Waals surface area contributed by atoms with Crippen molar-refractivity contribution in [3.63, 3.8) is 0 Å². The minimum atomic E-state index is 0.335. The van der Waals surface area contributed by atoms with Crippen molar-refractivity contribution < 1.29 is 9.59 Å². The number of rotatable bonds is 35. The molecule has 2 nitrogen and oxygen atoms in total. The zero-order chi connectivity index (χ0) is 30.0. The highest BCUT2D eigenvalue weighted by atomic mass is 16.3. The normalized spacial score (nSPS) is 13.4. The van der Waals surface area contributed by atoms with E-state index in [0.29, 0.717) is 6.61 Å². The van der Waals surface area contributed by atoms with Crippen LogP contribution in [-0.4, -0.2) is 42.9 Å². The summed E-state index contributed by atoms with van der Waals surface area (Å²) in [6.45, 7) is 8.37. The van der Waals surface area contributed by atoms with Crippen molar-refractivity contribution in [2.75, 3.05) is 33.3 Å². The summed E-state index contributed by atoms with van der Waals surface area (Å²) >= 11 is 0. The third-order valence-electron chi connectivity index (χ3n) is 9.40. The molecule has 1 atom stereocenters. The van der Waals surface area contributed by atoms with Gasteiger partial charge in [0.15, 0.2) is 0 Å². The second kappa shape index (κ2) is 34.2. The van der Waals surface area contributed by atoms with E-state index in [9.17, 15) is 5.11 Å². The lowest BCUT2D eigenvalue weighted by atomic mass is 10.0. The number of hydrogen-bond acceptors (Lipinski definition) is 1. The van der Waals surface area contributed by atoms with E-state index in [-0.39, 0.29) is 0 Å². The molecule has 0 saturated carbocycles. The van der Waals surface area contributed by atoms with Crippen LogP contribution in [0.4, 0.5) is 0 Å². The first-order chi connectivity index (χ1) is 20.2. The summed E-state index contributed by atoms with van der Waals surface area (Å²) in [5, 5.41) is 9.65. The Kier molecular flexibility index (Phi) is 33.9. The van der Waals surface area contributed by atoms with E-state index < -0.39 is 0 Å². The summed E-state index contributed by atoms with van der Waals surface area (Å²) in [5.41, 5.74) is 0. The first kappa shape index (κ1) is 40.7. The highest BCUT2D eigenvalue weighted by molar-refractivity contribution is 4.81. The Morgan fingerprint density at radius 3 is 0.927 bits per heavy atom. The minimum absolute atomic E-state index is 0.335. The summed E-state index contributed by atoms with van der Waals surface area (Å²) in [5.74, 6) is 0. The number of allylic oxidation sites excluding steroid dienone is 2. The predicted molar refractivity (Wildman–Crippen MR) is 187 cm³/mol. The van der Waals surface area contributed by atoms with Crippen LogP contribution in [0.5, 0.6) is 0 Å². The van der Waals surface area contributed by atoms with Crippen molar-refractivity contribution in [1.82, 2.24) is 0 Å². The lowest BCUT2D eigenvalue weighted by molar-refractivity contribution is -0.910. The van der Waals surface area contributed by atoms with Crippen LogP contribution < -0.4 is 0 Å². The molecule has 0 aliphatic heterocycles. The molecule has 0 aromatic carbocycles. The van der Waals surface area contributed by atoms with Gasteiger partial charge in [0.1, 0.15) is 6.54 Å². The van der Waals surface area contributed by atoms with Crippen LogP contribution in [0, 0.1) is 0 Å². The van der Waals surface area contributed by atoms with Crippen LogP contribution in [0.15, 0.2) is 12.2 Å². The molecule has 1 N–H and O–H groups in total. The summed E-state index contributed by atoms with van der Waals surface area (Å²) in [6, 6.07) is 0. The minimum Gasteiger partial charge on any atom is -0.391 e. The van der Waals surface area contributed by atoms with Gasteiger partial charge in [0.25, 0.3) is 0 Å². The highest BCUT2D eigenvalue weighted by Gasteiger charge is 2.19. The Hall–Kier alpha value is -0.340. The van der Waals surface area contributed by atoms with Crippen molar-refractivity contribution in [3.05, 3.63) is 12.2 Å². The molecule has 0 saturated heterocycles. The van der Waals surface area contributed by atoms with Crippen LogP contribution in [0.1, 0.15) is 206 Å². The molecule has 0 rings (SSSR count). The van der Waals surface area contributed by atoms with E-state index >= 15 is 0 Å². The van der Waals surface area contributed by atoms with Crippen molar-refractivity contribution in [1.29, 1.82) is 0 Å². The van der Waals surface area contributed by atoms with E-state index in [2.05, 4.69) is 33.0 Å². The molecule has 0 spiro atoms. The monoisotopic (exact) mass is 579 g/mol. The maximum Gasteiger partial charge on any atom is 0.102 e. The number of aliphatic hydroxyl groups excluding tert-OH is 1. The van der Waals surface area contributed by atoms with Gasteiger partial charge in [-0.2, -0.15) is 0 Å². The quantitative estimate of drug-likeness (QED) is 0.0450. The molecule has 0 radical (unpaired) electrons. The molecular weight excluding hydrogens is 498 g/mol. The fourth-order valence-corrected chi connectivity index (χ4v) is 6.36. The van der Waals surface area contributed by atoms with Crippen molar-refractivity contribution in [2.24, 2.45) is 0 Å². The van der Waals surface area contributed by atoms with E-state index in [0.717, 1.165) is 11.0 Å². The molecule has 0 amide bonds. The average molecular weight is 579 g/mol. The highest BCUT2D eigenvalue weighted by Crippen LogP contribution is 2.16. The summed E-state index contributed by atoms with van der Waals surface area (Å²) in [4.78, 5) is 0. The number of hydrogen-bond donors (Lipinski definition) is 1. The van der Waals surface area contributed by atoms with Crippen LogP contribution in [0.3, 0.4) is 0 Å². The van der Waals surface area contributed by atoms with Crippen LogP contribution >= 0.6 is 0 Å². The van der Waals surface area contributed by atoms with E-state index in [1.165, 1.54) is 206 Å². The number of nitrogens with zero attached hydrogens (tertiary/aromatic N) is 1. The largest absolute Gasteiger partial charge is 0.391 e. The molecule has 2 heteroatoms. The van der Waals surface area contributed by atoms with Gasteiger partial charge in [-0.15, -0.1) is 0 Å². The Morgan fingerprint density at radius 1 is 0.366 bits per heavy atom. The average Bonchev–Trinajstić information content (AvgIpc) is 2.97. The lowest BCUT2D eigenvalue weighted by Crippen LogP contribution is -2.47. The molecule has 41 heavy (non-hydrogen) atoms. The van der Waals surface area contributed by atoms with Crippen LogP contribution in [0.2, 0.25) is 0 Å². The maximum absolute atomic E-state index is 9.65. The SMILES string of the molecule is CCCCCCCC/C=C\CCCCCCCC[N+](C)(CCO)CCCCCCCCCCCCCCCCCC. The summed E-state index contributed by atoms with van der Waals surface area (Å²) in [6.07, 6.45) is 47.0. The lowest BCUT2D eigenvalue weighted by Gasteiger charge is -2.34. The Labute approximate surface area is 261 Å². The van der Waals surface area contributed by atoms with E-state index in [4.69, 9.17) is 0 Å². The molecule has 0 heterocycles. The van der Waals surface area contributed by atoms with E-state index in [1.54, 1.807) is 0 Å². The number of quaternary nitrogens is 1. The van der Waals surface area contributed by atoms with Gasteiger partial charge in [0.05, 0.1) is 26.7 Å². The molecule has 1 unspecified atom stereocenters. The second-order valence-electron chi connectivity index (χ2n) is 13.8. The molecule has 0 fully saturated rings. The zero-order valence-corrected chi connectivity index (χ0v) is 29.1. The maximum atomic E-state index is 9.65. The Balaban J connectivity index is 3.54. The third kappa shape index (κ3) is 32.4. The smallest absolute Gasteiger partial charge is 0.102 e. The molecule has 246 valence electrons. The topological polar surface area (TPSA) is 20.2 Å². The molecule has 0 aliphatic rings. The number of aliphatic hydroxyl groups is 1. The fourth-order valence-electron chi connectivity index (χ4n) is 6.36.